The molecule has 0 radical (unpaired) electrons. The molecule has 0 atom stereocenters. The van der Waals surface area contributed by atoms with Gasteiger partial charge in [0.2, 0.25) is 5.88 Å². The molecule has 0 aliphatic heterocycles. The number of hydrogen-bond acceptors (Lipinski definition) is 6. The molecule has 0 unspecified atom stereocenters. The molecule has 6 nitrogen and oxygen atoms in total. The first-order chi connectivity index (χ1) is 10.3. The Morgan fingerprint density at radius 2 is 2.14 bits per heavy atom. The number of nitrogens with zero attached hydrogens (tertiary/aromatic N) is 4. The van der Waals surface area contributed by atoms with Gasteiger partial charge in [-0.3, -0.25) is 4.79 Å². The molecular formula is C15H14N4O2. The number of aldehydes is 1. The van der Waals surface area contributed by atoms with Gasteiger partial charge in [0.15, 0.2) is 12.1 Å². The Kier molecular flexibility index (Phi) is 4.76. The van der Waals surface area contributed by atoms with Crippen molar-refractivity contribution in [1.29, 1.82) is 0 Å². The van der Waals surface area contributed by atoms with Gasteiger partial charge in [-0.2, -0.15) is 5.10 Å². The van der Waals surface area contributed by atoms with Crippen LogP contribution in [0.4, 0.5) is 5.82 Å². The molecule has 0 amide bonds. The van der Waals surface area contributed by atoms with Gasteiger partial charge in [0.05, 0.1) is 7.11 Å². The third-order valence-corrected chi connectivity index (χ3v) is 2.67. The molecule has 106 valence electrons. The molecule has 0 bridgehead atoms. The zero-order valence-corrected chi connectivity index (χ0v) is 11.5. The lowest BCUT2D eigenvalue weighted by Gasteiger charge is -2.12. The summed E-state index contributed by atoms with van der Waals surface area (Å²) in [5.41, 5.74) is 1.41. The van der Waals surface area contributed by atoms with Gasteiger partial charge in [-0.25, -0.2) is 15.0 Å². The lowest BCUT2D eigenvalue weighted by Crippen LogP contribution is -2.08. The van der Waals surface area contributed by atoms with Crippen LogP contribution in [0.15, 0.2) is 48.0 Å². The summed E-state index contributed by atoms with van der Waals surface area (Å²) in [5, 5.41) is 5.37. The van der Waals surface area contributed by atoms with Crippen molar-refractivity contribution in [2.45, 2.75) is 0 Å². The van der Waals surface area contributed by atoms with E-state index in [1.54, 1.807) is 37.7 Å². The molecule has 2 aromatic rings. The van der Waals surface area contributed by atoms with Crippen LogP contribution in [0.5, 0.6) is 5.88 Å². The van der Waals surface area contributed by atoms with E-state index in [4.69, 9.17) is 4.74 Å². The number of pyridine rings is 2. The van der Waals surface area contributed by atoms with Gasteiger partial charge in [-0.05, 0) is 29.8 Å². The summed E-state index contributed by atoms with van der Waals surface area (Å²) in [7, 11) is 1.56. The van der Waals surface area contributed by atoms with Crippen LogP contribution in [0.25, 0.3) is 6.08 Å². The van der Waals surface area contributed by atoms with Crippen molar-refractivity contribution >= 4 is 24.9 Å². The molecule has 0 N–H and O–H groups in total. The number of aromatic nitrogens is 2. The highest BCUT2D eigenvalue weighted by Crippen LogP contribution is 2.14. The van der Waals surface area contributed by atoms with Gasteiger partial charge in [0.1, 0.15) is 0 Å². The minimum Gasteiger partial charge on any atom is -0.481 e. The van der Waals surface area contributed by atoms with Crippen molar-refractivity contribution in [1.82, 2.24) is 9.97 Å². The Labute approximate surface area is 122 Å². The van der Waals surface area contributed by atoms with Crippen LogP contribution in [-0.2, 0) is 0 Å². The second-order valence-electron chi connectivity index (χ2n) is 4.00. The molecule has 0 aromatic carbocycles. The molecule has 0 saturated heterocycles. The largest absolute Gasteiger partial charge is 0.481 e. The molecule has 2 rings (SSSR count). The lowest BCUT2D eigenvalue weighted by atomic mass is 10.2. The topological polar surface area (TPSA) is 67.7 Å². The van der Waals surface area contributed by atoms with Gasteiger partial charge in [-0.15, -0.1) is 0 Å². The maximum atomic E-state index is 10.6. The average Bonchev–Trinajstić information content (AvgIpc) is 2.56. The van der Waals surface area contributed by atoms with E-state index in [9.17, 15) is 4.79 Å². The van der Waals surface area contributed by atoms with E-state index in [1.807, 2.05) is 12.1 Å². The number of hydrogen-bond donors (Lipinski definition) is 0. The van der Waals surface area contributed by atoms with Crippen molar-refractivity contribution in [3.63, 3.8) is 0 Å². The van der Waals surface area contributed by atoms with E-state index in [-0.39, 0.29) is 0 Å². The number of hydrazone groups is 1. The second kappa shape index (κ2) is 6.95. The van der Waals surface area contributed by atoms with Gasteiger partial charge in [0.25, 0.3) is 0 Å². The predicted molar refractivity (Wildman–Crippen MR) is 81.5 cm³/mol. The van der Waals surface area contributed by atoms with Gasteiger partial charge in [-0.1, -0.05) is 0 Å². The number of ether oxygens (including phenoxy) is 1. The smallest absolute Gasteiger partial charge is 0.213 e. The van der Waals surface area contributed by atoms with Crippen LogP contribution in [0.1, 0.15) is 15.9 Å². The van der Waals surface area contributed by atoms with Crippen LogP contribution in [-0.4, -0.2) is 30.1 Å². The summed E-state index contributed by atoms with van der Waals surface area (Å²) >= 11 is 0. The highest BCUT2D eigenvalue weighted by atomic mass is 16.5. The molecule has 0 spiro atoms. The third kappa shape index (κ3) is 3.73. The molecule has 2 heterocycles. The normalized spacial score (nSPS) is 10.3. The molecule has 2 aromatic heterocycles. The number of methoxy groups -OCH3 is 1. The molecule has 0 aliphatic rings. The number of carbonyl (C=O) groups is 1. The van der Waals surface area contributed by atoms with E-state index in [0.29, 0.717) is 17.3 Å². The first-order valence-corrected chi connectivity index (χ1v) is 6.12. The Hall–Kier alpha value is -3.02. The average molecular weight is 282 g/mol. The van der Waals surface area contributed by atoms with Crippen LogP contribution in [0.3, 0.4) is 0 Å². The molecule has 0 fully saturated rings. The zero-order chi connectivity index (χ0) is 15.1. The summed E-state index contributed by atoms with van der Waals surface area (Å²) in [6, 6.07) is 6.98. The van der Waals surface area contributed by atoms with E-state index in [0.717, 1.165) is 11.8 Å². The van der Waals surface area contributed by atoms with Gasteiger partial charge >= 0.3 is 0 Å². The Balaban J connectivity index is 2.18. The monoisotopic (exact) mass is 282 g/mol. The fraction of sp³-hybridized carbons (Fsp3) is 0.0667. The highest BCUT2D eigenvalue weighted by Gasteiger charge is 2.02. The van der Waals surface area contributed by atoms with E-state index >= 15 is 0 Å². The quantitative estimate of drug-likeness (QED) is 0.462. The molecule has 6 heteroatoms. The molecular weight excluding hydrogens is 268 g/mol. The lowest BCUT2D eigenvalue weighted by molar-refractivity contribution is 0.112. The fourth-order valence-electron chi connectivity index (χ4n) is 1.60. The highest BCUT2D eigenvalue weighted by molar-refractivity contribution is 5.74. The molecule has 0 aliphatic carbocycles. The number of carbonyl (C=O) groups excluding carboxylic acids is 1. The van der Waals surface area contributed by atoms with E-state index < -0.39 is 0 Å². The van der Waals surface area contributed by atoms with E-state index in [1.165, 1.54) is 11.2 Å². The number of rotatable bonds is 6. The zero-order valence-electron chi connectivity index (χ0n) is 11.5. The molecule has 0 saturated carbocycles. The summed E-state index contributed by atoms with van der Waals surface area (Å²) in [6.07, 6.45) is 7.41. The van der Waals surface area contributed by atoms with Gasteiger partial charge in [0, 0.05) is 36.9 Å². The first-order valence-electron chi connectivity index (χ1n) is 6.12. The SMILES string of the molecule is C=NN(/C=C/c1ccnc(OC)c1)c1ccc(C=O)cn1. The first kappa shape index (κ1) is 14.4. The van der Waals surface area contributed by atoms with Crippen LogP contribution in [0.2, 0.25) is 0 Å². The van der Waals surface area contributed by atoms with Gasteiger partial charge < -0.3 is 4.74 Å². The summed E-state index contributed by atoms with van der Waals surface area (Å²) in [6.45, 7) is 3.50. The van der Waals surface area contributed by atoms with Crippen molar-refractivity contribution in [2.75, 3.05) is 12.1 Å². The predicted octanol–water partition coefficient (Wildman–Crippen LogP) is 2.39. The summed E-state index contributed by atoms with van der Waals surface area (Å²) < 4.78 is 5.06. The van der Waals surface area contributed by atoms with Crippen molar-refractivity contribution in [2.24, 2.45) is 5.10 Å². The second-order valence-corrected chi connectivity index (χ2v) is 4.00. The van der Waals surface area contributed by atoms with Crippen molar-refractivity contribution in [3.8, 4) is 5.88 Å². The minimum absolute atomic E-state index is 0.505. The standard InChI is InChI=1S/C15H14N4O2/c1-16-19(14-4-3-13(11-20)10-18-14)8-6-12-5-7-17-15(9-12)21-2/h3-11H,1H2,2H3/b8-6+. The van der Waals surface area contributed by atoms with Crippen LogP contribution in [0, 0.1) is 0 Å². The Morgan fingerprint density at radius 1 is 1.29 bits per heavy atom. The fourth-order valence-corrected chi connectivity index (χ4v) is 1.60. The van der Waals surface area contributed by atoms with Crippen molar-refractivity contribution < 1.29 is 9.53 Å². The number of anilines is 1. The summed E-state index contributed by atoms with van der Waals surface area (Å²) in [5.74, 6) is 1.09. The Morgan fingerprint density at radius 3 is 2.76 bits per heavy atom. The minimum atomic E-state index is 0.505. The summed E-state index contributed by atoms with van der Waals surface area (Å²) in [4.78, 5) is 18.8. The third-order valence-electron chi connectivity index (χ3n) is 2.67. The molecule has 21 heavy (non-hydrogen) atoms. The van der Waals surface area contributed by atoms with Crippen molar-refractivity contribution in [3.05, 3.63) is 54.0 Å². The van der Waals surface area contributed by atoms with Crippen LogP contribution < -0.4 is 9.75 Å². The van der Waals surface area contributed by atoms with E-state index in [2.05, 4.69) is 21.8 Å². The Bertz CT molecular complexity index is 653. The van der Waals surface area contributed by atoms with Crippen LogP contribution >= 0.6 is 0 Å². The maximum Gasteiger partial charge on any atom is 0.213 e. The maximum absolute atomic E-state index is 10.6.